The van der Waals surface area contributed by atoms with Crippen molar-refractivity contribution >= 4 is 74.5 Å². The van der Waals surface area contributed by atoms with Gasteiger partial charge in [0.05, 0.1) is 34.1 Å². The smallest absolute Gasteiger partial charge is 0.191 e. The van der Waals surface area contributed by atoms with Crippen molar-refractivity contribution in [3.05, 3.63) is 195 Å². The largest absolute Gasteiger partial charge is 0.474 e. The van der Waals surface area contributed by atoms with Gasteiger partial charge >= 0.3 is 0 Å². The van der Waals surface area contributed by atoms with E-state index in [0.29, 0.717) is 0 Å². The fourth-order valence-electron chi connectivity index (χ4n) is 9.35. The SMILES string of the molecule is C[Si]1(c2ccco2)c2ccc(-c3ccc(N4c5ccccc5Sc5ccccc54)cc3)cc2-c2cc3c(cc21)c1cc(-n2cccc2)ccc1n3-c1ccccc1. The summed E-state index contributed by atoms with van der Waals surface area (Å²) < 4.78 is 11.0. The minimum absolute atomic E-state index is 1.08. The number of para-hydroxylation sites is 3. The predicted octanol–water partition coefficient (Wildman–Crippen LogP) is 11.8. The first-order chi connectivity index (χ1) is 28.1. The van der Waals surface area contributed by atoms with Crippen molar-refractivity contribution in [1.29, 1.82) is 0 Å². The number of hydrogen-bond acceptors (Lipinski definition) is 3. The van der Waals surface area contributed by atoms with Gasteiger partial charge in [-0.2, -0.15) is 0 Å². The molecule has 0 bridgehead atoms. The summed E-state index contributed by atoms with van der Waals surface area (Å²) in [5, 5.41) is 6.37. The van der Waals surface area contributed by atoms with Gasteiger partial charge in [0.15, 0.2) is 8.07 Å². The van der Waals surface area contributed by atoms with E-state index in [4.69, 9.17) is 4.42 Å². The minimum Gasteiger partial charge on any atom is -0.474 e. The average Bonchev–Trinajstić information content (AvgIpc) is 4.10. The van der Waals surface area contributed by atoms with Gasteiger partial charge in [0.25, 0.3) is 0 Å². The van der Waals surface area contributed by atoms with Crippen molar-refractivity contribution in [1.82, 2.24) is 9.13 Å². The molecule has 57 heavy (non-hydrogen) atoms. The molecule has 0 radical (unpaired) electrons. The van der Waals surface area contributed by atoms with Crippen LogP contribution in [0, 0.1) is 0 Å². The lowest BCUT2D eigenvalue weighted by Crippen LogP contribution is -2.61. The van der Waals surface area contributed by atoms with Crippen molar-refractivity contribution in [3.8, 4) is 33.6 Å². The van der Waals surface area contributed by atoms with Gasteiger partial charge < -0.3 is 18.5 Å². The molecule has 7 aromatic carbocycles. The number of hydrogen-bond donors (Lipinski definition) is 0. The van der Waals surface area contributed by atoms with E-state index in [1.807, 2.05) is 24.1 Å². The van der Waals surface area contributed by atoms with Crippen LogP contribution in [-0.2, 0) is 0 Å². The van der Waals surface area contributed by atoms with Crippen LogP contribution in [0.5, 0.6) is 0 Å². The van der Waals surface area contributed by atoms with Crippen LogP contribution in [0.25, 0.3) is 55.4 Å². The topological polar surface area (TPSA) is 26.2 Å². The van der Waals surface area contributed by atoms with E-state index in [-0.39, 0.29) is 0 Å². The third-order valence-electron chi connectivity index (χ3n) is 12.1. The van der Waals surface area contributed by atoms with E-state index in [1.54, 1.807) is 0 Å². The Morgan fingerprint density at radius 2 is 1.16 bits per heavy atom. The second kappa shape index (κ2) is 12.4. The number of fused-ring (bicyclic) bond motifs is 8. The quantitative estimate of drug-likeness (QED) is 0.163. The number of benzene rings is 7. The van der Waals surface area contributed by atoms with Gasteiger partial charge in [-0.3, -0.25) is 0 Å². The van der Waals surface area contributed by atoms with Gasteiger partial charge in [0, 0.05) is 50.0 Å². The Bertz CT molecular complexity index is 3120. The summed E-state index contributed by atoms with van der Waals surface area (Å²) in [5.74, 6) is 0. The highest BCUT2D eigenvalue weighted by molar-refractivity contribution is 7.99. The van der Waals surface area contributed by atoms with Gasteiger partial charge in [-0.1, -0.05) is 91.1 Å². The zero-order valence-corrected chi connectivity index (χ0v) is 32.9. The molecule has 0 fully saturated rings. The molecule has 1 unspecified atom stereocenters. The number of furan rings is 1. The molecule has 10 aromatic rings. The molecular weight excluding hydrogens is 731 g/mol. The molecule has 0 aliphatic carbocycles. The fourth-order valence-corrected chi connectivity index (χ4v) is 14.3. The highest BCUT2D eigenvalue weighted by Gasteiger charge is 2.46. The van der Waals surface area contributed by atoms with Crippen molar-refractivity contribution in [2.24, 2.45) is 0 Å². The summed E-state index contributed by atoms with van der Waals surface area (Å²) in [4.78, 5) is 4.93. The fraction of sp³-hybridized carbons (Fsp3) is 0.0196. The molecule has 0 spiro atoms. The first-order valence-electron chi connectivity index (χ1n) is 19.4. The molecule has 0 N–H and O–H groups in total. The molecule has 5 heterocycles. The van der Waals surface area contributed by atoms with Crippen LogP contribution in [0.2, 0.25) is 6.55 Å². The second-order valence-corrected chi connectivity index (χ2v) is 20.1. The molecule has 0 saturated heterocycles. The standard InChI is InChI=1S/C51H35N3OSSi/c1-57(51-18-11-29-55-51)49-26-21-35(34-19-22-37(23-20-34)54-44-14-5-7-16-47(44)56-48-17-8-6-15-45(48)54)30-41(49)42-32-46-40(33-50(42)57)39-31-38(52-27-9-10-28-52)24-25-43(39)53(46)36-12-3-2-4-13-36/h2-33H,1H3. The number of nitrogens with zero attached hydrogens (tertiary/aromatic N) is 3. The summed E-state index contributed by atoms with van der Waals surface area (Å²) in [5.41, 5.74) is 13.3. The molecular formula is C51H35N3OSSi. The first-order valence-corrected chi connectivity index (χ1v) is 22.7. The molecule has 1 atom stereocenters. The van der Waals surface area contributed by atoms with Crippen LogP contribution in [-0.4, -0.2) is 17.2 Å². The Morgan fingerprint density at radius 3 is 1.89 bits per heavy atom. The maximum absolute atomic E-state index is 6.36. The van der Waals surface area contributed by atoms with E-state index in [0.717, 1.165) is 22.4 Å². The van der Waals surface area contributed by atoms with E-state index >= 15 is 0 Å². The Hall–Kier alpha value is -6.73. The Labute approximate surface area is 335 Å². The Kier molecular flexibility index (Phi) is 7.06. The normalized spacial score (nSPS) is 15.4. The predicted molar refractivity (Wildman–Crippen MR) is 239 cm³/mol. The van der Waals surface area contributed by atoms with Crippen LogP contribution in [0.15, 0.2) is 209 Å². The molecule has 0 amide bonds. The van der Waals surface area contributed by atoms with Crippen LogP contribution in [0.4, 0.5) is 17.1 Å². The third-order valence-corrected chi connectivity index (χ3v) is 17.5. The van der Waals surface area contributed by atoms with Gasteiger partial charge in [0.2, 0.25) is 0 Å². The highest BCUT2D eigenvalue weighted by Crippen LogP contribution is 2.51. The average molecular weight is 766 g/mol. The van der Waals surface area contributed by atoms with Gasteiger partial charge in [-0.05, 0) is 136 Å². The summed E-state index contributed by atoms with van der Waals surface area (Å²) in [7, 11) is -2.51. The lowest BCUT2D eigenvalue weighted by atomic mass is 9.98. The molecule has 270 valence electrons. The van der Waals surface area contributed by atoms with Crippen molar-refractivity contribution in [2.75, 3.05) is 4.90 Å². The van der Waals surface area contributed by atoms with E-state index < -0.39 is 8.07 Å². The van der Waals surface area contributed by atoms with E-state index in [9.17, 15) is 0 Å². The number of aromatic nitrogens is 2. The zero-order chi connectivity index (χ0) is 37.7. The molecule has 6 heteroatoms. The maximum atomic E-state index is 6.36. The van der Waals surface area contributed by atoms with Crippen molar-refractivity contribution in [2.45, 2.75) is 16.3 Å². The minimum atomic E-state index is -2.51. The molecule has 4 nitrogen and oxygen atoms in total. The molecule has 2 aliphatic rings. The lowest BCUT2D eigenvalue weighted by molar-refractivity contribution is 0.599. The maximum Gasteiger partial charge on any atom is 0.191 e. The first kappa shape index (κ1) is 32.5. The zero-order valence-electron chi connectivity index (χ0n) is 31.1. The van der Waals surface area contributed by atoms with Gasteiger partial charge in [-0.15, -0.1) is 0 Å². The van der Waals surface area contributed by atoms with E-state index in [2.05, 4.69) is 203 Å². The third kappa shape index (κ3) is 4.81. The van der Waals surface area contributed by atoms with Crippen LogP contribution < -0.4 is 20.7 Å². The molecule has 3 aromatic heterocycles. The summed E-state index contributed by atoms with van der Waals surface area (Å²) in [6.45, 7) is 2.46. The number of rotatable bonds is 5. The summed E-state index contributed by atoms with van der Waals surface area (Å²) >= 11 is 1.84. The van der Waals surface area contributed by atoms with Crippen LogP contribution >= 0.6 is 11.8 Å². The molecule has 12 rings (SSSR count). The highest BCUT2D eigenvalue weighted by atomic mass is 32.2. The van der Waals surface area contributed by atoms with E-state index in [1.165, 1.54) is 75.6 Å². The Balaban J connectivity index is 1.04. The summed E-state index contributed by atoms with van der Waals surface area (Å²) in [6, 6.07) is 64.6. The molecule has 2 aliphatic heterocycles. The lowest BCUT2D eigenvalue weighted by Gasteiger charge is -2.32. The van der Waals surface area contributed by atoms with Gasteiger partial charge in [-0.25, -0.2) is 0 Å². The van der Waals surface area contributed by atoms with Crippen LogP contribution in [0.3, 0.4) is 0 Å². The van der Waals surface area contributed by atoms with Crippen molar-refractivity contribution in [3.63, 3.8) is 0 Å². The molecule has 0 saturated carbocycles. The Morgan fingerprint density at radius 1 is 0.491 bits per heavy atom. The van der Waals surface area contributed by atoms with Gasteiger partial charge in [0.1, 0.15) is 0 Å². The second-order valence-electron chi connectivity index (χ2n) is 15.2. The number of anilines is 3. The van der Waals surface area contributed by atoms with Crippen LogP contribution in [0.1, 0.15) is 0 Å². The monoisotopic (exact) mass is 765 g/mol. The van der Waals surface area contributed by atoms with Crippen molar-refractivity contribution < 1.29 is 4.42 Å². The summed E-state index contributed by atoms with van der Waals surface area (Å²) in [6.07, 6.45) is 6.06.